The van der Waals surface area contributed by atoms with Crippen molar-refractivity contribution in [2.75, 3.05) is 13.7 Å². The van der Waals surface area contributed by atoms with Crippen LogP contribution in [0.1, 0.15) is 20.8 Å². The van der Waals surface area contributed by atoms with Crippen LogP contribution in [0.5, 0.6) is 0 Å². The first-order valence-electron chi connectivity index (χ1n) is 5.71. The molecule has 1 aromatic rings. The van der Waals surface area contributed by atoms with Crippen LogP contribution >= 0.6 is 0 Å². The minimum Gasteiger partial charge on any atom is -0.383 e. The maximum atomic E-state index is 5.20. The Bertz CT molecular complexity index is 274. The molecule has 0 saturated carbocycles. The van der Waals surface area contributed by atoms with E-state index in [9.17, 15) is 0 Å². The summed E-state index contributed by atoms with van der Waals surface area (Å²) in [5.74, 6) is 0.554. The van der Waals surface area contributed by atoms with Gasteiger partial charge in [-0.1, -0.05) is 13.8 Å². The normalized spacial score (nSPS) is 15.3. The number of nitrogens with zero attached hydrogens (tertiary/aromatic N) is 3. The highest BCUT2D eigenvalue weighted by molar-refractivity contribution is 4.74. The summed E-state index contributed by atoms with van der Waals surface area (Å²) in [6, 6.07) is 0.729. The number of nitrogens with one attached hydrogen (secondary N) is 1. The van der Waals surface area contributed by atoms with Gasteiger partial charge in [0, 0.05) is 19.2 Å². The molecular weight excluding hydrogens is 204 g/mol. The van der Waals surface area contributed by atoms with Gasteiger partial charge in [0.05, 0.1) is 13.2 Å². The molecule has 2 atom stereocenters. The van der Waals surface area contributed by atoms with Gasteiger partial charge in [-0.3, -0.25) is 4.68 Å². The van der Waals surface area contributed by atoms with E-state index >= 15 is 0 Å². The minimum absolute atomic E-state index is 0.351. The van der Waals surface area contributed by atoms with E-state index in [0.717, 1.165) is 13.2 Å². The first-order chi connectivity index (χ1) is 7.63. The van der Waals surface area contributed by atoms with E-state index in [-0.39, 0.29) is 0 Å². The molecule has 2 unspecified atom stereocenters. The van der Waals surface area contributed by atoms with E-state index in [1.165, 1.54) is 0 Å². The van der Waals surface area contributed by atoms with E-state index in [1.807, 2.05) is 4.68 Å². The molecule has 0 aliphatic heterocycles. The fraction of sp³-hybridized carbons (Fsp3) is 0.818. The molecule has 1 aromatic heterocycles. The summed E-state index contributed by atoms with van der Waals surface area (Å²) in [4.78, 5) is 3.93. The lowest BCUT2D eigenvalue weighted by Crippen LogP contribution is -2.44. The van der Waals surface area contributed by atoms with Crippen LogP contribution in [0, 0.1) is 5.92 Å². The Morgan fingerprint density at radius 3 is 2.62 bits per heavy atom. The second kappa shape index (κ2) is 6.60. The Labute approximate surface area is 97.2 Å². The van der Waals surface area contributed by atoms with E-state index < -0.39 is 0 Å². The van der Waals surface area contributed by atoms with Crippen LogP contribution < -0.4 is 5.32 Å². The molecule has 0 aromatic carbocycles. The second-order valence-corrected chi connectivity index (χ2v) is 4.49. The fourth-order valence-corrected chi connectivity index (χ4v) is 1.64. The van der Waals surface area contributed by atoms with Gasteiger partial charge in [-0.2, -0.15) is 5.10 Å². The lowest BCUT2D eigenvalue weighted by Gasteiger charge is -2.25. The summed E-state index contributed by atoms with van der Waals surface area (Å²) < 4.78 is 7.04. The monoisotopic (exact) mass is 226 g/mol. The van der Waals surface area contributed by atoms with E-state index in [4.69, 9.17) is 4.74 Å². The molecule has 0 aliphatic rings. The topological polar surface area (TPSA) is 52.0 Å². The molecule has 1 rings (SSSR count). The summed E-state index contributed by atoms with van der Waals surface area (Å²) in [6.07, 6.45) is 3.29. The van der Waals surface area contributed by atoms with Crippen molar-refractivity contribution in [1.29, 1.82) is 0 Å². The van der Waals surface area contributed by atoms with Crippen molar-refractivity contribution in [2.45, 2.75) is 39.4 Å². The number of hydrogen-bond acceptors (Lipinski definition) is 4. The zero-order valence-electron chi connectivity index (χ0n) is 10.6. The van der Waals surface area contributed by atoms with Gasteiger partial charge in [-0.15, -0.1) is 0 Å². The van der Waals surface area contributed by atoms with E-state index in [1.54, 1.807) is 19.8 Å². The molecule has 0 fully saturated rings. The maximum absolute atomic E-state index is 5.20. The van der Waals surface area contributed by atoms with Crippen LogP contribution in [0.4, 0.5) is 0 Å². The van der Waals surface area contributed by atoms with Crippen LogP contribution in [0.3, 0.4) is 0 Å². The number of rotatable bonds is 7. The molecule has 0 saturated heterocycles. The lowest BCUT2D eigenvalue weighted by molar-refractivity contribution is 0.139. The van der Waals surface area contributed by atoms with Crippen molar-refractivity contribution < 1.29 is 4.74 Å². The van der Waals surface area contributed by atoms with Crippen LogP contribution in [0.25, 0.3) is 0 Å². The van der Waals surface area contributed by atoms with Crippen LogP contribution in [0.15, 0.2) is 12.7 Å². The number of aromatic nitrogens is 3. The predicted molar refractivity (Wildman–Crippen MR) is 63.1 cm³/mol. The molecule has 1 N–H and O–H groups in total. The molecule has 0 amide bonds. The fourth-order valence-electron chi connectivity index (χ4n) is 1.64. The molecule has 0 bridgehead atoms. The highest BCUT2D eigenvalue weighted by Gasteiger charge is 2.15. The van der Waals surface area contributed by atoms with Crippen LogP contribution in [-0.4, -0.2) is 40.6 Å². The average Bonchev–Trinajstić information content (AvgIpc) is 2.69. The molecule has 0 aliphatic carbocycles. The predicted octanol–water partition coefficient (Wildman–Crippen LogP) is 0.927. The van der Waals surface area contributed by atoms with Gasteiger partial charge < -0.3 is 10.1 Å². The Hall–Kier alpha value is -0.940. The van der Waals surface area contributed by atoms with Crippen LogP contribution in [0.2, 0.25) is 0 Å². The molecule has 5 nitrogen and oxygen atoms in total. The van der Waals surface area contributed by atoms with E-state index in [0.29, 0.717) is 18.0 Å². The first kappa shape index (κ1) is 13.1. The first-order valence-corrected chi connectivity index (χ1v) is 5.71. The second-order valence-electron chi connectivity index (χ2n) is 4.49. The molecule has 1 heterocycles. The van der Waals surface area contributed by atoms with Crippen molar-refractivity contribution in [3.8, 4) is 0 Å². The zero-order valence-corrected chi connectivity index (χ0v) is 10.6. The Morgan fingerprint density at radius 2 is 2.12 bits per heavy atom. The highest BCUT2D eigenvalue weighted by atomic mass is 16.5. The zero-order chi connectivity index (χ0) is 12.0. The highest BCUT2D eigenvalue weighted by Crippen LogP contribution is 2.03. The third kappa shape index (κ3) is 4.28. The molecule has 0 radical (unpaired) electrons. The van der Waals surface area contributed by atoms with Crippen molar-refractivity contribution in [2.24, 2.45) is 5.92 Å². The summed E-state index contributed by atoms with van der Waals surface area (Å²) in [5, 5.41) is 7.63. The van der Waals surface area contributed by atoms with Gasteiger partial charge in [-0.05, 0) is 12.8 Å². The Morgan fingerprint density at radius 1 is 1.38 bits per heavy atom. The summed E-state index contributed by atoms with van der Waals surface area (Å²) >= 11 is 0. The van der Waals surface area contributed by atoms with Gasteiger partial charge in [0.1, 0.15) is 12.7 Å². The van der Waals surface area contributed by atoms with Crippen molar-refractivity contribution >= 4 is 0 Å². The standard InChI is InChI=1S/C11H22N4O/c1-9(2)11(6-16-4)14-10(3)5-15-8-12-7-13-15/h7-11,14H,5-6H2,1-4H3. The molecular formula is C11H22N4O. The number of hydrogen-bond donors (Lipinski definition) is 1. The number of methoxy groups -OCH3 is 1. The lowest BCUT2D eigenvalue weighted by atomic mass is 10.0. The third-order valence-electron chi connectivity index (χ3n) is 2.58. The number of ether oxygens (including phenoxy) is 1. The van der Waals surface area contributed by atoms with Gasteiger partial charge in [0.25, 0.3) is 0 Å². The SMILES string of the molecule is COCC(NC(C)Cn1cncn1)C(C)C. The van der Waals surface area contributed by atoms with Crippen molar-refractivity contribution in [3.05, 3.63) is 12.7 Å². The molecule has 92 valence electrons. The third-order valence-corrected chi connectivity index (χ3v) is 2.58. The van der Waals surface area contributed by atoms with Crippen molar-refractivity contribution in [3.63, 3.8) is 0 Å². The van der Waals surface area contributed by atoms with Crippen molar-refractivity contribution in [1.82, 2.24) is 20.1 Å². The molecule has 16 heavy (non-hydrogen) atoms. The van der Waals surface area contributed by atoms with E-state index in [2.05, 4.69) is 36.2 Å². The Kier molecular flexibility index (Phi) is 5.42. The summed E-state index contributed by atoms with van der Waals surface area (Å²) in [7, 11) is 1.74. The van der Waals surface area contributed by atoms with Gasteiger partial charge in [-0.25, -0.2) is 4.98 Å². The largest absolute Gasteiger partial charge is 0.383 e. The van der Waals surface area contributed by atoms with Gasteiger partial charge >= 0.3 is 0 Å². The summed E-state index contributed by atoms with van der Waals surface area (Å²) in [5.41, 5.74) is 0. The average molecular weight is 226 g/mol. The maximum Gasteiger partial charge on any atom is 0.137 e. The van der Waals surface area contributed by atoms with Gasteiger partial charge in [0.2, 0.25) is 0 Å². The van der Waals surface area contributed by atoms with Gasteiger partial charge in [0.15, 0.2) is 0 Å². The minimum atomic E-state index is 0.351. The smallest absolute Gasteiger partial charge is 0.137 e. The molecule has 0 spiro atoms. The summed E-state index contributed by atoms with van der Waals surface area (Å²) in [6.45, 7) is 8.09. The molecule has 5 heteroatoms. The Balaban J connectivity index is 2.39. The quantitative estimate of drug-likeness (QED) is 0.751. The van der Waals surface area contributed by atoms with Crippen LogP contribution in [-0.2, 0) is 11.3 Å².